The predicted octanol–water partition coefficient (Wildman–Crippen LogP) is 0.841. The van der Waals surface area contributed by atoms with Crippen LogP contribution in [-0.2, 0) is 0 Å². The zero-order valence-corrected chi connectivity index (χ0v) is 15.4. The van der Waals surface area contributed by atoms with Crippen LogP contribution in [0.3, 0.4) is 0 Å². The van der Waals surface area contributed by atoms with Crippen LogP contribution < -0.4 is 16.0 Å². The molecule has 1 N–H and O–H groups in total. The van der Waals surface area contributed by atoms with Gasteiger partial charge in [0.25, 0.3) is 11.1 Å². The highest BCUT2D eigenvalue weighted by molar-refractivity contribution is 5.80. The lowest BCUT2D eigenvalue weighted by molar-refractivity contribution is 0.311. The molecule has 0 unspecified atom stereocenters. The summed E-state index contributed by atoms with van der Waals surface area (Å²) >= 11 is 0. The largest absolute Gasteiger partial charge is 0.340 e. The number of likely N-dealkylation sites (N-methyl/N-ethyl adjacent to an activating group) is 1. The molecule has 1 aromatic carbocycles. The maximum atomic E-state index is 12.8. The average Bonchev–Trinajstić information content (AvgIpc) is 2.68. The van der Waals surface area contributed by atoms with E-state index < -0.39 is 6.04 Å². The predicted molar refractivity (Wildman–Crippen MR) is 104 cm³/mol. The van der Waals surface area contributed by atoms with Crippen LogP contribution in [0.4, 0.5) is 5.95 Å². The third kappa shape index (κ3) is 3.35. The normalized spacial score (nSPS) is 16.6. The summed E-state index contributed by atoms with van der Waals surface area (Å²) in [5, 5.41) is 5.69. The van der Waals surface area contributed by atoms with Gasteiger partial charge < -0.3 is 9.80 Å². The second kappa shape index (κ2) is 6.96. The first kappa shape index (κ1) is 17.4. The molecule has 0 amide bonds. The Morgan fingerprint density at radius 1 is 1.11 bits per heavy atom. The van der Waals surface area contributed by atoms with Crippen LogP contribution in [0.5, 0.6) is 0 Å². The lowest BCUT2D eigenvalue weighted by atomic mass is 10.2. The Morgan fingerprint density at radius 3 is 2.63 bits per heavy atom. The number of nitrogens with zero attached hydrogens (tertiary/aromatic N) is 5. The average molecular weight is 366 g/mol. The molecule has 1 saturated heterocycles. The van der Waals surface area contributed by atoms with E-state index in [9.17, 15) is 9.59 Å². The lowest BCUT2D eigenvalue weighted by Crippen LogP contribution is -2.45. The molecule has 0 saturated carbocycles. The number of hydrogen-bond donors (Lipinski definition) is 1. The van der Waals surface area contributed by atoms with Crippen molar-refractivity contribution < 1.29 is 0 Å². The number of benzene rings is 1. The fourth-order valence-corrected chi connectivity index (χ4v) is 3.35. The molecule has 1 aliphatic heterocycles. The second-order valence-electron chi connectivity index (χ2n) is 6.94. The van der Waals surface area contributed by atoms with Crippen LogP contribution in [0.15, 0.2) is 46.1 Å². The van der Waals surface area contributed by atoms with Crippen molar-refractivity contribution in [3.05, 3.63) is 62.9 Å². The molecule has 1 atom stereocenters. The Balaban J connectivity index is 1.72. The van der Waals surface area contributed by atoms with E-state index in [0.717, 1.165) is 31.6 Å². The molecule has 0 aliphatic carbocycles. The molecule has 8 heteroatoms. The van der Waals surface area contributed by atoms with Crippen molar-refractivity contribution in [2.45, 2.75) is 13.0 Å². The summed E-state index contributed by atoms with van der Waals surface area (Å²) in [6.07, 6.45) is 1.67. The van der Waals surface area contributed by atoms with Crippen LogP contribution in [0, 0.1) is 0 Å². The monoisotopic (exact) mass is 366 g/mol. The zero-order valence-electron chi connectivity index (χ0n) is 15.4. The number of aromatic amines is 1. The third-order valence-electron chi connectivity index (χ3n) is 5.07. The highest BCUT2D eigenvalue weighted by Gasteiger charge is 2.20. The van der Waals surface area contributed by atoms with Gasteiger partial charge in [0, 0.05) is 37.6 Å². The number of aromatic nitrogens is 4. The van der Waals surface area contributed by atoms with Crippen LogP contribution >= 0.6 is 0 Å². The van der Waals surface area contributed by atoms with Crippen molar-refractivity contribution in [3.8, 4) is 0 Å². The van der Waals surface area contributed by atoms with Crippen LogP contribution in [0.1, 0.15) is 18.7 Å². The van der Waals surface area contributed by atoms with Crippen molar-refractivity contribution in [1.29, 1.82) is 0 Å². The summed E-state index contributed by atoms with van der Waals surface area (Å²) in [7, 11) is 2.07. The fourth-order valence-electron chi connectivity index (χ4n) is 3.35. The molecule has 3 aromatic rings. The molecule has 1 aliphatic rings. The first-order valence-corrected chi connectivity index (χ1v) is 9.04. The van der Waals surface area contributed by atoms with Gasteiger partial charge in [-0.05, 0) is 20.0 Å². The Morgan fingerprint density at radius 2 is 1.85 bits per heavy atom. The van der Waals surface area contributed by atoms with Gasteiger partial charge in [-0.3, -0.25) is 14.6 Å². The van der Waals surface area contributed by atoms with Gasteiger partial charge >= 0.3 is 0 Å². The summed E-state index contributed by atoms with van der Waals surface area (Å²) in [6.45, 7) is 5.25. The molecule has 4 rings (SSSR count). The van der Waals surface area contributed by atoms with Crippen LogP contribution in [-0.4, -0.2) is 57.9 Å². The summed E-state index contributed by atoms with van der Waals surface area (Å²) in [4.78, 5) is 36.8. The smallest absolute Gasteiger partial charge is 0.275 e. The first-order valence-electron chi connectivity index (χ1n) is 9.04. The van der Waals surface area contributed by atoms with Crippen LogP contribution in [0.25, 0.3) is 10.8 Å². The minimum absolute atomic E-state index is 0.191. The third-order valence-corrected chi connectivity index (χ3v) is 5.07. The Labute approximate surface area is 156 Å². The summed E-state index contributed by atoms with van der Waals surface area (Å²) in [5.41, 5.74) is 0.107. The number of rotatable bonds is 3. The molecule has 0 radical (unpaired) electrons. The van der Waals surface area contributed by atoms with E-state index in [4.69, 9.17) is 0 Å². The Hall–Kier alpha value is -3.00. The highest BCUT2D eigenvalue weighted by Crippen LogP contribution is 2.16. The molecule has 2 aromatic heterocycles. The zero-order chi connectivity index (χ0) is 19.0. The molecule has 3 heterocycles. The van der Waals surface area contributed by atoms with Crippen molar-refractivity contribution in [1.82, 2.24) is 24.6 Å². The number of H-pyrrole nitrogens is 1. The van der Waals surface area contributed by atoms with E-state index in [2.05, 4.69) is 31.9 Å². The van der Waals surface area contributed by atoms with Gasteiger partial charge in [-0.2, -0.15) is 5.10 Å². The standard InChI is InChI=1S/C19H22N6O2/c1-13(25-18(27)15-6-4-3-5-14(15)12-20-25)16-11-17(26)22-19(21-16)24-9-7-23(2)8-10-24/h3-6,11-13H,7-10H2,1-2H3,(H,21,22,26)/t13-/m1/s1. The van der Waals surface area contributed by atoms with Crippen molar-refractivity contribution >= 4 is 16.7 Å². The molecule has 8 nitrogen and oxygen atoms in total. The van der Waals surface area contributed by atoms with Crippen molar-refractivity contribution in [3.63, 3.8) is 0 Å². The first-order chi connectivity index (χ1) is 13.0. The van der Waals surface area contributed by atoms with E-state index in [0.29, 0.717) is 17.0 Å². The number of piperazine rings is 1. The lowest BCUT2D eigenvalue weighted by Gasteiger charge is -2.32. The van der Waals surface area contributed by atoms with E-state index in [1.165, 1.54) is 10.7 Å². The van der Waals surface area contributed by atoms with E-state index in [-0.39, 0.29) is 11.1 Å². The quantitative estimate of drug-likeness (QED) is 0.739. The van der Waals surface area contributed by atoms with Crippen LogP contribution in [0.2, 0.25) is 0 Å². The SMILES string of the molecule is C[C@H](c1cc(=O)[nH]c(N2CCN(C)CC2)n1)n1ncc2ccccc2c1=O. The minimum atomic E-state index is -0.448. The Bertz CT molecular complexity index is 1080. The number of anilines is 1. The molecule has 0 bridgehead atoms. The van der Waals surface area contributed by atoms with E-state index in [1.807, 2.05) is 25.1 Å². The highest BCUT2D eigenvalue weighted by atomic mass is 16.1. The van der Waals surface area contributed by atoms with Gasteiger partial charge in [-0.25, -0.2) is 9.67 Å². The molecular formula is C19H22N6O2. The minimum Gasteiger partial charge on any atom is -0.340 e. The van der Waals surface area contributed by atoms with E-state index >= 15 is 0 Å². The molecule has 27 heavy (non-hydrogen) atoms. The maximum absolute atomic E-state index is 12.8. The van der Waals surface area contributed by atoms with E-state index in [1.54, 1.807) is 12.3 Å². The summed E-state index contributed by atoms with van der Waals surface area (Å²) in [6, 6.07) is 8.33. The fraction of sp³-hybridized carbons (Fsp3) is 0.368. The summed E-state index contributed by atoms with van der Waals surface area (Å²) < 4.78 is 1.39. The van der Waals surface area contributed by atoms with Gasteiger partial charge in [0.15, 0.2) is 0 Å². The maximum Gasteiger partial charge on any atom is 0.275 e. The topological polar surface area (TPSA) is 87.1 Å². The second-order valence-corrected chi connectivity index (χ2v) is 6.94. The molecule has 140 valence electrons. The van der Waals surface area contributed by atoms with Crippen molar-refractivity contribution in [2.75, 3.05) is 38.1 Å². The Kier molecular flexibility index (Phi) is 4.49. The number of nitrogens with one attached hydrogen (secondary N) is 1. The number of fused-ring (bicyclic) bond motifs is 1. The molecule has 0 spiro atoms. The van der Waals surface area contributed by atoms with Gasteiger partial charge in [0.05, 0.1) is 23.3 Å². The number of hydrogen-bond acceptors (Lipinski definition) is 6. The van der Waals surface area contributed by atoms with Crippen molar-refractivity contribution in [2.24, 2.45) is 0 Å². The summed E-state index contributed by atoms with van der Waals surface area (Å²) in [5.74, 6) is 0.547. The van der Waals surface area contributed by atoms with Gasteiger partial charge in [0.1, 0.15) is 0 Å². The molecule has 1 fully saturated rings. The molecular weight excluding hydrogens is 344 g/mol. The van der Waals surface area contributed by atoms with Gasteiger partial charge in [-0.1, -0.05) is 18.2 Å². The van der Waals surface area contributed by atoms with Gasteiger partial charge in [0.2, 0.25) is 5.95 Å². The van der Waals surface area contributed by atoms with Gasteiger partial charge in [-0.15, -0.1) is 0 Å².